The molecular formula is C14H14O3. The van der Waals surface area contributed by atoms with Gasteiger partial charge in [0.2, 0.25) is 0 Å². The molecule has 1 aromatic heterocycles. The van der Waals surface area contributed by atoms with Gasteiger partial charge in [-0.25, -0.2) is 0 Å². The molecule has 1 atom stereocenters. The maximum absolute atomic E-state index is 12.3. The molecule has 1 aromatic carbocycles. The van der Waals surface area contributed by atoms with Crippen molar-refractivity contribution in [2.75, 3.05) is 7.11 Å². The van der Waals surface area contributed by atoms with Crippen molar-refractivity contribution in [1.82, 2.24) is 0 Å². The second-order valence-electron chi connectivity index (χ2n) is 4.43. The van der Waals surface area contributed by atoms with Crippen molar-refractivity contribution in [1.29, 1.82) is 0 Å². The minimum atomic E-state index is 0.101. The van der Waals surface area contributed by atoms with Gasteiger partial charge in [-0.2, -0.15) is 0 Å². The van der Waals surface area contributed by atoms with E-state index in [9.17, 15) is 4.79 Å². The molecule has 0 saturated carbocycles. The Morgan fingerprint density at radius 1 is 1.35 bits per heavy atom. The summed E-state index contributed by atoms with van der Waals surface area (Å²) in [6.45, 7) is 0. The predicted molar refractivity (Wildman–Crippen MR) is 65.3 cm³/mol. The van der Waals surface area contributed by atoms with Crippen LogP contribution in [0.25, 0.3) is 11.0 Å². The largest absolute Gasteiger partial charge is 0.461 e. The number of aryl methyl sites for hydroxylation is 1. The van der Waals surface area contributed by atoms with E-state index >= 15 is 0 Å². The van der Waals surface area contributed by atoms with E-state index < -0.39 is 0 Å². The van der Waals surface area contributed by atoms with E-state index in [1.807, 2.05) is 24.3 Å². The van der Waals surface area contributed by atoms with E-state index in [0.717, 1.165) is 24.2 Å². The average molecular weight is 230 g/mol. The van der Waals surface area contributed by atoms with Crippen LogP contribution in [0.4, 0.5) is 0 Å². The lowest BCUT2D eigenvalue weighted by Gasteiger charge is -2.21. The molecule has 1 aliphatic carbocycles. The Morgan fingerprint density at radius 2 is 2.18 bits per heavy atom. The lowest BCUT2D eigenvalue weighted by atomic mass is 9.93. The highest BCUT2D eigenvalue weighted by Gasteiger charge is 2.23. The molecular weight excluding hydrogens is 216 g/mol. The number of fused-ring (bicyclic) bond motifs is 2. The lowest BCUT2D eigenvalue weighted by molar-refractivity contribution is 0.0877. The van der Waals surface area contributed by atoms with E-state index in [4.69, 9.17) is 9.15 Å². The Bertz CT molecular complexity index is 612. The molecule has 0 spiro atoms. The summed E-state index contributed by atoms with van der Waals surface area (Å²) < 4.78 is 11.1. The zero-order valence-electron chi connectivity index (χ0n) is 9.73. The summed E-state index contributed by atoms with van der Waals surface area (Å²) in [5, 5.41) is 0.669. The van der Waals surface area contributed by atoms with Crippen molar-refractivity contribution < 1.29 is 9.15 Å². The highest BCUT2D eigenvalue weighted by atomic mass is 16.5. The predicted octanol–water partition coefficient (Wildman–Crippen LogP) is 2.30. The molecule has 88 valence electrons. The van der Waals surface area contributed by atoms with Crippen LogP contribution < -0.4 is 5.43 Å². The van der Waals surface area contributed by atoms with E-state index in [2.05, 4.69) is 0 Å². The van der Waals surface area contributed by atoms with Gasteiger partial charge >= 0.3 is 0 Å². The number of methoxy groups -OCH3 is 1. The third-order valence-corrected chi connectivity index (χ3v) is 3.43. The number of benzene rings is 1. The first-order valence-corrected chi connectivity index (χ1v) is 5.86. The first-order valence-electron chi connectivity index (χ1n) is 5.86. The van der Waals surface area contributed by atoms with Crippen LogP contribution >= 0.6 is 0 Å². The Kier molecular flexibility index (Phi) is 2.48. The highest BCUT2D eigenvalue weighted by molar-refractivity contribution is 5.77. The van der Waals surface area contributed by atoms with Gasteiger partial charge in [-0.1, -0.05) is 12.1 Å². The van der Waals surface area contributed by atoms with E-state index in [1.54, 1.807) is 7.11 Å². The summed E-state index contributed by atoms with van der Waals surface area (Å²) in [6, 6.07) is 7.41. The second-order valence-corrected chi connectivity index (χ2v) is 4.43. The third kappa shape index (κ3) is 1.67. The van der Waals surface area contributed by atoms with Crippen molar-refractivity contribution in [3.8, 4) is 0 Å². The first kappa shape index (κ1) is 10.5. The summed E-state index contributed by atoms with van der Waals surface area (Å²) in [5.74, 6) is 0.835. The molecule has 3 rings (SSSR count). The topological polar surface area (TPSA) is 39.4 Å². The molecule has 0 bridgehead atoms. The van der Waals surface area contributed by atoms with Gasteiger partial charge < -0.3 is 9.15 Å². The van der Waals surface area contributed by atoms with Gasteiger partial charge in [0.05, 0.1) is 11.5 Å². The molecule has 3 heteroatoms. The summed E-state index contributed by atoms with van der Waals surface area (Å²) in [5.41, 5.74) is 1.58. The quantitative estimate of drug-likeness (QED) is 0.754. The van der Waals surface area contributed by atoms with Crippen molar-refractivity contribution >= 4 is 11.0 Å². The number of para-hydroxylation sites is 1. The van der Waals surface area contributed by atoms with Crippen molar-refractivity contribution in [2.45, 2.75) is 25.4 Å². The molecule has 0 saturated heterocycles. The minimum absolute atomic E-state index is 0.101. The van der Waals surface area contributed by atoms with Crippen LogP contribution in [0.1, 0.15) is 17.7 Å². The Hall–Kier alpha value is -1.61. The van der Waals surface area contributed by atoms with Gasteiger partial charge in [-0.15, -0.1) is 0 Å². The maximum Gasteiger partial charge on any atom is 0.196 e. The van der Waals surface area contributed by atoms with Gasteiger partial charge in [0.1, 0.15) is 11.3 Å². The molecule has 0 fully saturated rings. The second kappa shape index (κ2) is 4.00. The van der Waals surface area contributed by atoms with Crippen LogP contribution in [0.5, 0.6) is 0 Å². The lowest BCUT2D eigenvalue weighted by Crippen LogP contribution is -2.26. The van der Waals surface area contributed by atoms with E-state index in [1.165, 1.54) is 0 Å². The zero-order valence-corrected chi connectivity index (χ0v) is 9.73. The summed E-state index contributed by atoms with van der Waals surface area (Å²) in [6.07, 6.45) is 2.52. The SMILES string of the molecule is CO[C@H]1CCc2oc3ccccc3c(=O)c2C1. The molecule has 0 N–H and O–H groups in total. The standard InChI is InChI=1S/C14H14O3/c1-16-9-6-7-13-11(8-9)14(15)10-4-2-3-5-12(10)17-13/h2-5,9H,6-8H2,1H3/t9-/m0/s1. The van der Waals surface area contributed by atoms with Gasteiger partial charge in [0.15, 0.2) is 5.43 Å². The fraction of sp³-hybridized carbons (Fsp3) is 0.357. The number of hydrogen-bond donors (Lipinski definition) is 0. The molecule has 3 nitrogen and oxygen atoms in total. The normalized spacial score (nSPS) is 19.2. The molecule has 17 heavy (non-hydrogen) atoms. The van der Waals surface area contributed by atoms with Crippen LogP contribution in [0.2, 0.25) is 0 Å². The summed E-state index contributed by atoms with van der Waals surface area (Å²) >= 11 is 0. The van der Waals surface area contributed by atoms with Crippen LogP contribution in [0.3, 0.4) is 0 Å². The van der Waals surface area contributed by atoms with Gasteiger partial charge in [0, 0.05) is 25.5 Å². The minimum Gasteiger partial charge on any atom is -0.461 e. The number of ether oxygens (including phenoxy) is 1. The van der Waals surface area contributed by atoms with E-state index in [-0.39, 0.29) is 11.5 Å². The molecule has 2 aromatic rings. The van der Waals surface area contributed by atoms with Gasteiger partial charge in [-0.05, 0) is 18.6 Å². The number of rotatable bonds is 1. The molecule has 0 radical (unpaired) electrons. The highest BCUT2D eigenvalue weighted by Crippen LogP contribution is 2.24. The fourth-order valence-electron chi connectivity index (χ4n) is 2.46. The van der Waals surface area contributed by atoms with Crippen molar-refractivity contribution in [2.24, 2.45) is 0 Å². The van der Waals surface area contributed by atoms with Crippen molar-refractivity contribution in [3.05, 3.63) is 45.8 Å². The van der Waals surface area contributed by atoms with Crippen LogP contribution in [0, 0.1) is 0 Å². The smallest absolute Gasteiger partial charge is 0.196 e. The summed E-state index contributed by atoms with van der Waals surface area (Å²) in [7, 11) is 1.69. The van der Waals surface area contributed by atoms with Gasteiger partial charge in [0.25, 0.3) is 0 Å². The fourth-order valence-corrected chi connectivity index (χ4v) is 2.46. The molecule has 0 amide bonds. The van der Waals surface area contributed by atoms with Crippen LogP contribution in [-0.4, -0.2) is 13.2 Å². The van der Waals surface area contributed by atoms with E-state index in [0.29, 0.717) is 17.4 Å². The maximum atomic E-state index is 12.3. The third-order valence-electron chi connectivity index (χ3n) is 3.43. The first-order chi connectivity index (χ1) is 8.29. The molecule has 0 unspecified atom stereocenters. The van der Waals surface area contributed by atoms with Crippen LogP contribution in [0.15, 0.2) is 33.5 Å². The summed E-state index contributed by atoms with van der Waals surface area (Å²) in [4.78, 5) is 12.3. The zero-order chi connectivity index (χ0) is 11.8. The van der Waals surface area contributed by atoms with Gasteiger partial charge in [-0.3, -0.25) is 4.79 Å². The Balaban J connectivity index is 2.23. The van der Waals surface area contributed by atoms with Crippen LogP contribution in [-0.2, 0) is 17.6 Å². The Labute approximate surface area is 99.0 Å². The Morgan fingerprint density at radius 3 is 3.00 bits per heavy atom. The molecule has 1 aliphatic rings. The average Bonchev–Trinajstić information content (AvgIpc) is 2.39. The molecule has 0 aliphatic heterocycles. The molecule has 1 heterocycles. The monoisotopic (exact) mass is 230 g/mol. The van der Waals surface area contributed by atoms with Crippen molar-refractivity contribution in [3.63, 3.8) is 0 Å². The number of hydrogen-bond acceptors (Lipinski definition) is 3.